The van der Waals surface area contributed by atoms with Gasteiger partial charge >= 0.3 is 0 Å². The summed E-state index contributed by atoms with van der Waals surface area (Å²) in [5.74, 6) is 0.745. The van der Waals surface area contributed by atoms with Crippen LogP contribution in [-0.2, 0) is 23.6 Å². The highest BCUT2D eigenvalue weighted by Crippen LogP contribution is 2.26. The zero-order valence-electron chi connectivity index (χ0n) is 19.4. The second kappa shape index (κ2) is 10.3. The van der Waals surface area contributed by atoms with E-state index in [0.29, 0.717) is 18.1 Å². The Morgan fingerprint density at radius 2 is 2.00 bits per heavy atom. The minimum absolute atomic E-state index is 0.0894. The fourth-order valence-corrected chi connectivity index (χ4v) is 4.46. The fourth-order valence-electron chi connectivity index (χ4n) is 3.71. The van der Waals surface area contributed by atoms with E-state index in [-0.39, 0.29) is 42.1 Å². The molecule has 0 aliphatic carbocycles. The first kappa shape index (κ1) is 24.5. The molecule has 1 aliphatic heterocycles. The fraction of sp³-hybridized carbons (Fsp3) is 0.333. The summed E-state index contributed by atoms with van der Waals surface area (Å²) in [5.41, 5.74) is -0.122. The van der Waals surface area contributed by atoms with E-state index in [0.717, 1.165) is 11.3 Å². The number of furan rings is 1. The van der Waals surface area contributed by atoms with Gasteiger partial charge in [-0.2, -0.15) is 16.9 Å². The van der Waals surface area contributed by atoms with Crippen LogP contribution >= 0.6 is 11.8 Å². The first-order valence-corrected chi connectivity index (χ1v) is 12.2. The maximum absolute atomic E-state index is 13.1. The number of nitrogens with zero attached hydrogens (tertiary/aromatic N) is 3. The number of hydrogen-bond acceptors (Lipinski definition) is 6. The van der Waals surface area contributed by atoms with Gasteiger partial charge in [0.25, 0.3) is 11.8 Å². The Hall–Kier alpha value is -3.60. The van der Waals surface area contributed by atoms with Crippen LogP contribution in [0.4, 0.5) is 4.39 Å². The van der Waals surface area contributed by atoms with Crippen LogP contribution < -0.4 is 10.6 Å². The van der Waals surface area contributed by atoms with Gasteiger partial charge in [-0.1, -0.05) is 12.1 Å². The van der Waals surface area contributed by atoms with E-state index in [1.807, 2.05) is 12.1 Å². The van der Waals surface area contributed by atoms with Crippen molar-refractivity contribution in [2.24, 2.45) is 0 Å². The first-order chi connectivity index (χ1) is 16.8. The van der Waals surface area contributed by atoms with Crippen molar-refractivity contribution in [3.63, 3.8) is 0 Å². The Morgan fingerprint density at radius 3 is 2.71 bits per heavy atom. The molecule has 9 nitrogen and oxygen atoms in total. The molecule has 0 saturated heterocycles. The van der Waals surface area contributed by atoms with Crippen molar-refractivity contribution >= 4 is 29.5 Å². The van der Waals surface area contributed by atoms with E-state index >= 15 is 0 Å². The number of carbonyl (C=O) groups excluding carboxylic acids is 3. The second-order valence-electron chi connectivity index (χ2n) is 8.41. The molecule has 11 heteroatoms. The number of halogens is 1. The molecule has 2 aromatic heterocycles. The number of rotatable bonds is 9. The van der Waals surface area contributed by atoms with E-state index in [4.69, 9.17) is 4.42 Å². The Morgan fingerprint density at radius 1 is 1.23 bits per heavy atom. The number of fused-ring (bicyclic) bond motifs is 1. The molecule has 1 aliphatic rings. The van der Waals surface area contributed by atoms with E-state index in [1.54, 1.807) is 44.1 Å². The standard InChI is InChI=1S/C24H26FN5O4S/c1-24(23(33)27-13-16-5-7-17(25)8-6-16)15-30-20(22(32)29(24)2)12-19(28-30)21(31)26-9-11-35-14-18-4-3-10-34-18/h3-8,10,12H,9,11,13-15H2,1-2H3,(H,26,31)(H,27,33)/t24-/m0/s1. The largest absolute Gasteiger partial charge is 0.468 e. The topological polar surface area (TPSA) is 109 Å². The lowest BCUT2D eigenvalue weighted by atomic mass is 9.96. The van der Waals surface area contributed by atoms with Crippen LogP contribution in [0.5, 0.6) is 0 Å². The Kier molecular flexibility index (Phi) is 7.25. The molecule has 0 radical (unpaired) electrons. The molecular formula is C24H26FN5O4S. The van der Waals surface area contributed by atoms with Crippen LogP contribution in [0.25, 0.3) is 0 Å². The van der Waals surface area contributed by atoms with Crippen LogP contribution in [0.15, 0.2) is 53.1 Å². The van der Waals surface area contributed by atoms with Crippen LogP contribution in [0.2, 0.25) is 0 Å². The molecule has 3 aromatic rings. The van der Waals surface area contributed by atoms with Gasteiger partial charge in [-0.3, -0.25) is 19.1 Å². The summed E-state index contributed by atoms with van der Waals surface area (Å²) in [6.07, 6.45) is 1.62. The van der Waals surface area contributed by atoms with Crippen LogP contribution in [0, 0.1) is 5.82 Å². The molecule has 3 heterocycles. The Bertz CT molecular complexity index is 1210. The number of nitrogens with one attached hydrogen (secondary N) is 2. The molecule has 0 spiro atoms. The molecule has 0 unspecified atom stereocenters. The molecule has 2 N–H and O–H groups in total. The molecular weight excluding hydrogens is 473 g/mol. The summed E-state index contributed by atoms with van der Waals surface area (Å²) in [6.45, 7) is 2.36. The number of amides is 3. The van der Waals surface area contributed by atoms with Crippen LogP contribution in [0.3, 0.4) is 0 Å². The summed E-state index contributed by atoms with van der Waals surface area (Å²) in [7, 11) is 1.55. The summed E-state index contributed by atoms with van der Waals surface area (Å²) < 4.78 is 19.8. The van der Waals surface area contributed by atoms with Gasteiger partial charge in [-0.15, -0.1) is 0 Å². The average molecular weight is 500 g/mol. The smallest absolute Gasteiger partial charge is 0.272 e. The normalized spacial score (nSPS) is 17.2. The molecule has 1 atom stereocenters. The van der Waals surface area contributed by atoms with Crippen molar-refractivity contribution in [3.05, 3.63) is 77.3 Å². The lowest BCUT2D eigenvalue weighted by molar-refractivity contribution is -0.132. The first-order valence-electron chi connectivity index (χ1n) is 11.0. The maximum Gasteiger partial charge on any atom is 0.272 e. The summed E-state index contributed by atoms with van der Waals surface area (Å²) in [6, 6.07) is 11.0. The van der Waals surface area contributed by atoms with Gasteiger partial charge in [0, 0.05) is 32.0 Å². The number of carbonyl (C=O) groups is 3. The minimum atomic E-state index is -1.22. The Labute approximate surface area is 206 Å². The van der Waals surface area contributed by atoms with Crippen molar-refractivity contribution in [1.82, 2.24) is 25.3 Å². The van der Waals surface area contributed by atoms with E-state index in [1.165, 1.54) is 27.8 Å². The molecule has 1 aromatic carbocycles. The van der Waals surface area contributed by atoms with Gasteiger partial charge in [-0.25, -0.2) is 4.39 Å². The predicted molar refractivity (Wildman–Crippen MR) is 128 cm³/mol. The molecule has 0 bridgehead atoms. The van der Waals surface area contributed by atoms with Gasteiger partial charge in [0.15, 0.2) is 5.69 Å². The lowest BCUT2D eigenvalue weighted by Crippen LogP contribution is -2.62. The minimum Gasteiger partial charge on any atom is -0.468 e. The third-order valence-electron chi connectivity index (χ3n) is 5.95. The number of thioether (sulfide) groups is 1. The molecule has 184 valence electrons. The highest BCUT2D eigenvalue weighted by molar-refractivity contribution is 7.98. The number of likely N-dealkylation sites (N-methyl/N-ethyl adjacent to an activating group) is 1. The zero-order chi connectivity index (χ0) is 25.0. The van der Waals surface area contributed by atoms with Gasteiger partial charge in [0.1, 0.15) is 22.8 Å². The summed E-state index contributed by atoms with van der Waals surface area (Å²) in [4.78, 5) is 40.0. The molecule has 0 saturated carbocycles. The number of hydrogen-bond donors (Lipinski definition) is 2. The number of benzene rings is 1. The monoisotopic (exact) mass is 499 g/mol. The quantitative estimate of drug-likeness (QED) is 0.438. The van der Waals surface area contributed by atoms with Crippen LogP contribution in [0.1, 0.15) is 39.2 Å². The third kappa shape index (κ3) is 5.40. The van der Waals surface area contributed by atoms with E-state index in [9.17, 15) is 18.8 Å². The highest BCUT2D eigenvalue weighted by Gasteiger charge is 2.46. The van der Waals surface area contributed by atoms with Crippen molar-refractivity contribution in [2.45, 2.75) is 31.3 Å². The van der Waals surface area contributed by atoms with Crippen molar-refractivity contribution in [3.8, 4) is 0 Å². The zero-order valence-corrected chi connectivity index (χ0v) is 20.2. The number of aromatic nitrogens is 2. The van der Waals surface area contributed by atoms with Gasteiger partial charge in [0.2, 0.25) is 5.91 Å². The average Bonchev–Trinajstić information content (AvgIpc) is 3.52. The third-order valence-corrected chi connectivity index (χ3v) is 6.93. The molecule has 4 rings (SSSR count). The van der Waals surface area contributed by atoms with Crippen molar-refractivity contribution in [1.29, 1.82) is 0 Å². The maximum atomic E-state index is 13.1. The second-order valence-corrected chi connectivity index (χ2v) is 9.51. The lowest BCUT2D eigenvalue weighted by Gasteiger charge is -2.40. The van der Waals surface area contributed by atoms with E-state index in [2.05, 4.69) is 15.7 Å². The molecule has 0 fully saturated rings. The summed E-state index contributed by atoms with van der Waals surface area (Å²) >= 11 is 1.62. The van der Waals surface area contributed by atoms with Gasteiger partial charge in [-0.05, 0) is 36.8 Å². The van der Waals surface area contributed by atoms with Gasteiger partial charge < -0.3 is 20.0 Å². The van der Waals surface area contributed by atoms with Crippen LogP contribution in [-0.4, -0.2) is 57.3 Å². The van der Waals surface area contributed by atoms with Gasteiger partial charge in [0.05, 0.1) is 18.6 Å². The van der Waals surface area contributed by atoms with Crippen molar-refractivity contribution in [2.75, 3.05) is 19.3 Å². The van der Waals surface area contributed by atoms with Crippen molar-refractivity contribution < 1.29 is 23.2 Å². The van der Waals surface area contributed by atoms with E-state index < -0.39 is 11.4 Å². The highest BCUT2D eigenvalue weighted by atomic mass is 32.2. The Balaban J connectivity index is 1.35. The SMILES string of the molecule is CN1C(=O)c2cc(C(=O)NCCSCc3ccco3)nn2C[C@@]1(C)C(=O)NCc1ccc(F)cc1. The summed E-state index contributed by atoms with van der Waals surface area (Å²) in [5, 5.41) is 9.90. The molecule has 3 amide bonds. The molecule has 35 heavy (non-hydrogen) atoms. The predicted octanol–water partition coefficient (Wildman–Crippen LogP) is 2.44.